The number of hydrogen-bond acceptors (Lipinski definition) is 6. The van der Waals surface area contributed by atoms with Crippen molar-refractivity contribution in [2.75, 3.05) is 5.73 Å². The average molecular weight is 424 g/mol. The molecule has 1 aliphatic carbocycles. The number of para-hydroxylation sites is 1. The Morgan fingerprint density at radius 2 is 1.69 bits per heavy atom. The Morgan fingerprint density at radius 3 is 2.44 bits per heavy atom. The van der Waals surface area contributed by atoms with Crippen LogP contribution in [0.15, 0.2) is 83.6 Å². The molecule has 3 aromatic carbocycles. The number of nitrogen functional groups attached to an aromatic ring is 1. The van der Waals surface area contributed by atoms with Gasteiger partial charge in [-0.2, -0.15) is 5.43 Å². The number of aromatic hydroxyl groups is 1. The summed E-state index contributed by atoms with van der Waals surface area (Å²) in [5.41, 5.74) is 9.94. The minimum absolute atomic E-state index is 0.0380. The Bertz CT molecular complexity index is 1410. The molecule has 6 N–H and O–H groups in total. The number of nitrogens with zero attached hydrogens (tertiary/aromatic N) is 2. The summed E-state index contributed by atoms with van der Waals surface area (Å²) in [6.45, 7) is 0. The molecule has 8 heteroatoms. The van der Waals surface area contributed by atoms with Gasteiger partial charge >= 0.3 is 0 Å². The normalized spacial score (nSPS) is 16.8. The Hall–Kier alpha value is -4.56. The highest BCUT2D eigenvalue weighted by atomic mass is 16.3. The molecule has 156 valence electrons. The first-order valence-corrected chi connectivity index (χ1v) is 9.83. The first-order valence-electron chi connectivity index (χ1n) is 9.83. The largest absolute Gasteiger partial charge is 0.503 e. The van der Waals surface area contributed by atoms with Crippen LogP contribution in [0.3, 0.4) is 0 Å². The molecular formula is C24H18N5O3+. The van der Waals surface area contributed by atoms with Gasteiger partial charge in [0.1, 0.15) is 5.71 Å². The molecule has 0 spiro atoms. The van der Waals surface area contributed by atoms with Crippen LogP contribution in [0.2, 0.25) is 0 Å². The first kappa shape index (κ1) is 19.4. The SMILES string of the molecule is N=C1C=C(N2C(=O)c3cccc4c(N)ccc(c34)C2=O)C=CC1=N[NH2+]c1ccccc1O. The van der Waals surface area contributed by atoms with Crippen molar-refractivity contribution in [1.82, 2.24) is 4.90 Å². The molecular weight excluding hydrogens is 406 g/mol. The van der Waals surface area contributed by atoms with Crippen molar-refractivity contribution in [2.45, 2.75) is 0 Å². The number of phenolic OH excluding ortho intramolecular Hbond substituents is 1. The third-order valence-corrected chi connectivity index (χ3v) is 5.46. The van der Waals surface area contributed by atoms with Crippen LogP contribution >= 0.6 is 0 Å². The average Bonchev–Trinajstić information content (AvgIpc) is 2.79. The molecule has 1 heterocycles. The summed E-state index contributed by atoms with van der Waals surface area (Å²) >= 11 is 0. The molecule has 0 fully saturated rings. The lowest BCUT2D eigenvalue weighted by molar-refractivity contribution is -0.577. The van der Waals surface area contributed by atoms with Crippen molar-refractivity contribution in [3.05, 3.63) is 89.6 Å². The van der Waals surface area contributed by atoms with Gasteiger partial charge in [-0.3, -0.25) is 15.0 Å². The van der Waals surface area contributed by atoms with Gasteiger partial charge in [-0.05, 0) is 42.5 Å². The summed E-state index contributed by atoms with van der Waals surface area (Å²) in [5, 5.41) is 23.7. The molecule has 0 unspecified atom stereocenters. The number of nitrogens with one attached hydrogen (secondary N) is 1. The monoisotopic (exact) mass is 424 g/mol. The predicted molar refractivity (Wildman–Crippen MR) is 121 cm³/mol. The van der Waals surface area contributed by atoms with Crippen LogP contribution in [0.1, 0.15) is 20.7 Å². The van der Waals surface area contributed by atoms with E-state index in [-0.39, 0.29) is 17.2 Å². The molecule has 0 aromatic heterocycles. The summed E-state index contributed by atoms with van der Waals surface area (Å²) in [6.07, 6.45) is 4.57. The van der Waals surface area contributed by atoms with Gasteiger partial charge in [0.2, 0.25) is 0 Å². The lowest BCUT2D eigenvalue weighted by atomic mass is 9.92. The standard InChI is InChI=1S/C24H17N5O3/c25-17-10-9-16-22-14(17)4-3-5-15(22)23(31)29(24(16)32)13-8-11-19(18(26)12-13)27-28-20-6-1-2-7-21(20)30/h1-12,26,28,30H,25H2/p+1. The molecule has 3 aromatic rings. The number of rotatable bonds is 3. The third-order valence-electron chi connectivity index (χ3n) is 5.46. The summed E-state index contributed by atoms with van der Waals surface area (Å²) in [5.74, 6) is -0.857. The number of amides is 2. The number of carbonyl (C=O) groups excluding carboxylic acids is 2. The molecule has 0 radical (unpaired) electrons. The van der Waals surface area contributed by atoms with E-state index in [0.29, 0.717) is 39.0 Å². The number of nitrogens with two attached hydrogens (primary N) is 2. The second-order valence-corrected chi connectivity index (χ2v) is 7.39. The van der Waals surface area contributed by atoms with E-state index < -0.39 is 11.8 Å². The molecule has 1 aliphatic heterocycles. The number of benzene rings is 3. The molecule has 0 bridgehead atoms. The summed E-state index contributed by atoms with van der Waals surface area (Å²) in [6, 6.07) is 15.2. The highest BCUT2D eigenvalue weighted by molar-refractivity contribution is 6.50. The lowest BCUT2D eigenvalue weighted by Gasteiger charge is -2.29. The number of anilines is 1. The van der Waals surface area contributed by atoms with Crippen LogP contribution in [0, 0.1) is 5.41 Å². The van der Waals surface area contributed by atoms with Crippen LogP contribution < -0.4 is 11.2 Å². The molecule has 2 amide bonds. The van der Waals surface area contributed by atoms with Crippen molar-refractivity contribution in [3.8, 4) is 5.75 Å². The van der Waals surface area contributed by atoms with Crippen LogP contribution in [0.4, 0.5) is 11.4 Å². The van der Waals surface area contributed by atoms with Crippen molar-refractivity contribution >= 4 is 45.4 Å². The first-order chi connectivity index (χ1) is 15.5. The van der Waals surface area contributed by atoms with E-state index in [2.05, 4.69) is 5.10 Å². The number of carbonyl (C=O) groups is 2. The highest BCUT2D eigenvalue weighted by Crippen LogP contribution is 2.35. The van der Waals surface area contributed by atoms with Crippen LogP contribution in [-0.4, -0.2) is 33.2 Å². The van der Waals surface area contributed by atoms with E-state index in [1.807, 2.05) is 0 Å². The fourth-order valence-electron chi connectivity index (χ4n) is 3.86. The number of imide groups is 1. The van der Waals surface area contributed by atoms with Crippen molar-refractivity contribution in [3.63, 3.8) is 0 Å². The van der Waals surface area contributed by atoms with Crippen molar-refractivity contribution in [1.29, 1.82) is 5.41 Å². The summed E-state index contributed by atoms with van der Waals surface area (Å²) < 4.78 is 0. The number of allylic oxidation sites excluding steroid dienone is 3. The van der Waals surface area contributed by atoms with Gasteiger partial charge in [0.25, 0.3) is 11.8 Å². The molecule has 32 heavy (non-hydrogen) atoms. The quantitative estimate of drug-likeness (QED) is 0.128. The maximum absolute atomic E-state index is 13.2. The van der Waals surface area contributed by atoms with Gasteiger partial charge in [0, 0.05) is 33.7 Å². The number of phenols is 1. The second kappa shape index (κ2) is 7.29. The van der Waals surface area contributed by atoms with Gasteiger partial charge in [0.15, 0.2) is 11.4 Å². The Balaban J connectivity index is 1.48. The van der Waals surface area contributed by atoms with Gasteiger partial charge < -0.3 is 10.8 Å². The van der Waals surface area contributed by atoms with Crippen LogP contribution in [-0.2, 0) is 0 Å². The Labute approximate surface area is 182 Å². The van der Waals surface area contributed by atoms with Crippen molar-refractivity contribution < 1.29 is 20.1 Å². The van der Waals surface area contributed by atoms with Gasteiger partial charge in [-0.25, -0.2) is 4.90 Å². The number of hydrogen-bond donors (Lipinski definition) is 4. The van der Waals surface area contributed by atoms with Crippen molar-refractivity contribution in [2.24, 2.45) is 5.10 Å². The maximum atomic E-state index is 13.2. The minimum Gasteiger partial charge on any atom is -0.503 e. The number of quaternary nitrogens is 1. The summed E-state index contributed by atoms with van der Waals surface area (Å²) in [7, 11) is 0. The molecule has 0 saturated heterocycles. The Morgan fingerprint density at radius 1 is 0.938 bits per heavy atom. The molecule has 2 aliphatic rings. The van der Waals surface area contributed by atoms with E-state index in [4.69, 9.17) is 11.1 Å². The second-order valence-electron chi connectivity index (χ2n) is 7.39. The minimum atomic E-state index is -0.469. The zero-order valence-corrected chi connectivity index (χ0v) is 16.7. The third kappa shape index (κ3) is 2.98. The van der Waals surface area contributed by atoms with E-state index in [9.17, 15) is 14.7 Å². The van der Waals surface area contributed by atoms with Gasteiger partial charge in [0.05, 0.1) is 11.4 Å². The van der Waals surface area contributed by atoms with E-state index in [0.717, 1.165) is 4.90 Å². The van der Waals surface area contributed by atoms with Crippen LogP contribution in [0.5, 0.6) is 5.75 Å². The molecule has 8 nitrogen and oxygen atoms in total. The van der Waals surface area contributed by atoms with Gasteiger partial charge in [-0.1, -0.05) is 29.4 Å². The Kier molecular flexibility index (Phi) is 4.42. The topological polar surface area (TPSA) is 136 Å². The maximum Gasteiger partial charge on any atom is 0.265 e. The summed E-state index contributed by atoms with van der Waals surface area (Å²) in [4.78, 5) is 27.5. The van der Waals surface area contributed by atoms with E-state index in [1.165, 1.54) is 11.5 Å². The van der Waals surface area contributed by atoms with Gasteiger partial charge in [-0.15, -0.1) is 0 Å². The highest BCUT2D eigenvalue weighted by Gasteiger charge is 2.35. The zero-order chi connectivity index (χ0) is 22.4. The molecule has 0 saturated carbocycles. The zero-order valence-electron chi connectivity index (χ0n) is 16.7. The van der Waals surface area contributed by atoms with E-state index in [1.54, 1.807) is 66.7 Å². The van der Waals surface area contributed by atoms with Crippen LogP contribution in [0.25, 0.3) is 10.8 Å². The fourth-order valence-corrected chi connectivity index (χ4v) is 3.86. The predicted octanol–water partition coefficient (Wildman–Crippen LogP) is 2.45. The smallest absolute Gasteiger partial charge is 0.265 e. The fraction of sp³-hybridized carbons (Fsp3) is 0. The van der Waals surface area contributed by atoms with E-state index >= 15 is 0 Å². The molecule has 5 rings (SSSR count). The lowest BCUT2D eigenvalue weighted by Crippen LogP contribution is -2.71. The molecule has 0 atom stereocenters.